The fourth-order valence-electron chi connectivity index (χ4n) is 3.07. The van der Waals surface area contributed by atoms with Gasteiger partial charge < -0.3 is 10.1 Å². The highest BCUT2D eigenvalue weighted by atomic mass is 35.5. The first-order valence-electron chi connectivity index (χ1n) is 9.93. The minimum absolute atomic E-state index is 0.0199. The molecule has 32 heavy (non-hydrogen) atoms. The molecule has 0 aliphatic carbocycles. The molecule has 0 saturated carbocycles. The third kappa shape index (κ3) is 5.24. The number of carbonyl (C=O) groups excluding carboxylic acids is 1. The average molecular weight is 482 g/mol. The number of aromatic nitrogens is 1. The number of para-hydroxylation sites is 1. The molecule has 0 bridgehead atoms. The van der Waals surface area contributed by atoms with Gasteiger partial charge >= 0.3 is 0 Å². The number of amides is 1. The molecule has 8 heteroatoms. The maximum atomic E-state index is 12.5. The summed E-state index contributed by atoms with van der Waals surface area (Å²) < 4.78 is 6.74. The fraction of sp³-hybridized carbons (Fsp3) is 0.125. The summed E-state index contributed by atoms with van der Waals surface area (Å²) in [7, 11) is 0. The molecule has 162 valence electrons. The quantitative estimate of drug-likeness (QED) is 0.317. The number of anilines is 1. The molecule has 4 rings (SSSR count). The molecule has 0 spiro atoms. The van der Waals surface area contributed by atoms with Crippen LogP contribution in [0, 0.1) is 0 Å². The van der Waals surface area contributed by atoms with Gasteiger partial charge in [-0.15, -0.1) is 11.3 Å². The van der Waals surface area contributed by atoms with Crippen LogP contribution in [-0.2, 0) is 0 Å². The summed E-state index contributed by atoms with van der Waals surface area (Å²) in [5, 5.41) is 7.25. The second-order valence-corrected chi connectivity index (χ2v) is 9.13. The summed E-state index contributed by atoms with van der Waals surface area (Å²) in [6, 6.07) is 20.4. The van der Waals surface area contributed by atoms with Crippen LogP contribution in [0.1, 0.15) is 24.2 Å². The predicted octanol–water partition coefficient (Wildman–Crippen LogP) is 6.53. The minimum Gasteiger partial charge on any atom is -0.491 e. The van der Waals surface area contributed by atoms with E-state index in [1.807, 2.05) is 56.3 Å². The summed E-state index contributed by atoms with van der Waals surface area (Å²) in [5.41, 5.74) is 2.91. The lowest BCUT2D eigenvalue weighted by Crippen LogP contribution is -2.34. The third-order valence-electron chi connectivity index (χ3n) is 4.45. The van der Waals surface area contributed by atoms with E-state index in [0.717, 1.165) is 20.8 Å². The van der Waals surface area contributed by atoms with Gasteiger partial charge in [-0.1, -0.05) is 29.8 Å². The number of hydrogen-bond acceptors (Lipinski definition) is 5. The molecule has 0 saturated heterocycles. The summed E-state index contributed by atoms with van der Waals surface area (Å²) in [5.74, 6) is 0.303. The van der Waals surface area contributed by atoms with Crippen molar-refractivity contribution in [2.45, 2.75) is 20.0 Å². The van der Waals surface area contributed by atoms with E-state index in [0.29, 0.717) is 22.0 Å². The SMILES string of the molecule is CC(C)Oc1cccc(C(=O)NC(=S)Nc2ccc(-c3nc4ccccc4s3)c(Cl)c2)c1. The van der Waals surface area contributed by atoms with Gasteiger partial charge in [0.2, 0.25) is 0 Å². The van der Waals surface area contributed by atoms with Crippen LogP contribution < -0.4 is 15.4 Å². The first-order valence-corrected chi connectivity index (χ1v) is 11.5. The molecule has 0 fully saturated rings. The smallest absolute Gasteiger partial charge is 0.257 e. The Morgan fingerprint density at radius 2 is 1.91 bits per heavy atom. The highest BCUT2D eigenvalue weighted by Crippen LogP contribution is 2.35. The first-order chi connectivity index (χ1) is 15.4. The summed E-state index contributed by atoms with van der Waals surface area (Å²) in [6.45, 7) is 3.86. The number of ether oxygens (including phenoxy) is 1. The van der Waals surface area contributed by atoms with Crippen molar-refractivity contribution >= 4 is 62.1 Å². The third-order valence-corrected chi connectivity index (χ3v) is 6.03. The molecule has 0 aliphatic heterocycles. The molecule has 1 heterocycles. The highest BCUT2D eigenvalue weighted by Gasteiger charge is 2.13. The molecule has 3 aromatic carbocycles. The van der Waals surface area contributed by atoms with E-state index in [1.165, 1.54) is 0 Å². The van der Waals surface area contributed by atoms with E-state index in [1.54, 1.807) is 35.6 Å². The second kappa shape index (κ2) is 9.65. The van der Waals surface area contributed by atoms with Crippen molar-refractivity contribution in [2.24, 2.45) is 0 Å². The van der Waals surface area contributed by atoms with Gasteiger partial charge in [0.15, 0.2) is 5.11 Å². The van der Waals surface area contributed by atoms with Gasteiger partial charge in [0.1, 0.15) is 10.8 Å². The average Bonchev–Trinajstić information content (AvgIpc) is 3.17. The van der Waals surface area contributed by atoms with Crippen LogP contribution in [0.2, 0.25) is 5.02 Å². The molecule has 5 nitrogen and oxygen atoms in total. The fourth-order valence-corrected chi connectivity index (χ4v) is 4.62. The van der Waals surface area contributed by atoms with E-state index in [9.17, 15) is 4.79 Å². The van der Waals surface area contributed by atoms with Crippen molar-refractivity contribution in [3.63, 3.8) is 0 Å². The number of halogens is 1. The van der Waals surface area contributed by atoms with E-state index in [-0.39, 0.29) is 17.1 Å². The standard InChI is InChI=1S/C24H20ClN3O2S2/c1-14(2)30-17-7-5-6-15(12-17)22(29)28-24(31)26-16-10-11-18(19(25)13-16)23-27-20-8-3-4-9-21(20)32-23/h3-14H,1-2H3,(H2,26,28,29,31). The number of thiocarbonyl (C=S) groups is 1. The zero-order valence-corrected chi connectivity index (χ0v) is 19.8. The van der Waals surface area contributed by atoms with E-state index >= 15 is 0 Å². The highest BCUT2D eigenvalue weighted by molar-refractivity contribution is 7.80. The Labute approximate surface area is 200 Å². The Morgan fingerprint density at radius 1 is 1.09 bits per heavy atom. The molecule has 1 amide bonds. The number of rotatable bonds is 5. The van der Waals surface area contributed by atoms with Crippen molar-refractivity contribution in [3.8, 4) is 16.3 Å². The Morgan fingerprint density at radius 3 is 2.66 bits per heavy atom. The molecular weight excluding hydrogens is 462 g/mol. The largest absolute Gasteiger partial charge is 0.491 e. The van der Waals surface area contributed by atoms with E-state index in [2.05, 4.69) is 15.6 Å². The summed E-state index contributed by atoms with van der Waals surface area (Å²) in [6.07, 6.45) is 0.0199. The molecule has 0 aliphatic rings. The van der Waals surface area contributed by atoms with Gasteiger partial charge in [-0.3, -0.25) is 10.1 Å². The van der Waals surface area contributed by atoms with E-state index in [4.69, 9.17) is 28.6 Å². The number of benzene rings is 3. The van der Waals surface area contributed by atoms with Crippen LogP contribution in [0.4, 0.5) is 5.69 Å². The number of hydrogen-bond donors (Lipinski definition) is 2. The summed E-state index contributed by atoms with van der Waals surface area (Å²) >= 11 is 13.4. The van der Waals surface area contributed by atoms with Crippen LogP contribution in [0.5, 0.6) is 5.75 Å². The number of carbonyl (C=O) groups is 1. The normalized spacial score (nSPS) is 10.9. The van der Waals surface area contributed by atoms with Gasteiger partial charge in [-0.25, -0.2) is 4.98 Å². The van der Waals surface area contributed by atoms with Gasteiger partial charge in [-0.2, -0.15) is 0 Å². The Balaban J connectivity index is 1.43. The topological polar surface area (TPSA) is 63.2 Å². The molecule has 2 N–H and O–H groups in total. The maximum Gasteiger partial charge on any atom is 0.257 e. The van der Waals surface area contributed by atoms with Gasteiger partial charge in [0.25, 0.3) is 5.91 Å². The predicted molar refractivity (Wildman–Crippen MR) is 136 cm³/mol. The van der Waals surface area contributed by atoms with Crippen LogP contribution in [0.25, 0.3) is 20.8 Å². The number of thiazole rings is 1. The molecule has 0 radical (unpaired) electrons. The zero-order valence-electron chi connectivity index (χ0n) is 17.4. The lowest BCUT2D eigenvalue weighted by atomic mass is 10.2. The van der Waals surface area contributed by atoms with Crippen LogP contribution in [0.15, 0.2) is 66.7 Å². The zero-order chi connectivity index (χ0) is 22.7. The maximum absolute atomic E-state index is 12.5. The van der Waals surface area contributed by atoms with Crippen LogP contribution >= 0.6 is 35.2 Å². The minimum atomic E-state index is -0.325. The molecular formula is C24H20ClN3O2S2. The molecule has 0 atom stereocenters. The summed E-state index contributed by atoms with van der Waals surface area (Å²) in [4.78, 5) is 17.2. The van der Waals surface area contributed by atoms with Gasteiger partial charge in [-0.05, 0) is 74.6 Å². The van der Waals surface area contributed by atoms with Crippen molar-refractivity contribution in [1.29, 1.82) is 0 Å². The number of nitrogens with one attached hydrogen (secondary N) is 2. The van der Waals surface area contributed by atoms with Crippen LogP contribution in [-0.4, -0.2) is 22.1 Å². The molecule has 0 unspecified atom stereocenters. The Kier molecular flexibility index (Phi) is 6.69. The van der Waals surface area contributed by atoms with Crippen molar-refractivity contribution in [1.82, 2.24) is 10.3 Å². The van der Waals surface area contributed by atoms with Crippen molar-refractivity contribution in [2.75, 3.05) is 5.32 Å². The lowest BCUT2D eigenvalue weighted by molar-refractivity contribution is 0.0977. The lowest BCUT2D eigenvalue weighted by Gasteiger charge is -2.12. The van der Waals surface area contributed by atoms with E-state index < -0.39 is 0 Å². The monoisotopic (exact) mass is 481 g/mol. The second-order valence-electron chi connectivity index (χ2n) is 7.28. The first kappa shape index (κ1) is 22.2. The number of nitrogens with zero attached hydrogens (tertiary/aromatic N) is 1. The molecule has 4 aromatic rings. The van der Waals surface area contributed by atoms with Gasteiger partial charge in [0.05, 0.1) is 21.3 Å². The van der Waals surface area contributed by atoms with Crippen molar-refractivity contribution in [3.05, 3.63) is 77.3 Å². The van der Waals surface area contributed by atoms with Gasteiger partial charge in [0, 0.05) is 16.8 Å². The Bertz CT molecular complexity index is 1270. The molecule has 1 aromatic heterocycles. The van der Waals surface area contributed by atoms with Crippen LogP contribution in [0.3, 0.4) is 0 Å². The number of fused-ring (bicyclic) bond motifs is 1. The van der Waals surface area contributed by atoms with Crippen molar-refractivity contribution < 1.29 is 9.53 Å². The Hall–Kier alpha value is -3.00.